The Labute approximate surface area is 104 Å². The van der Waals surface area contributed by atoms with Crippen LogP contribution in [0.2, 0.25) is 0 Å². The van der Waals surface area contributed by atoms with E-state index in [4.69, 9.17) is 5.73 Å². The lowest BCUT2D eigenvalue weighted by atomic mass is 10.2. The summed E-state index contributed by atoms with van der Waals surface area (Å²) in [6.45, 7) is 4.06. The molecule has 0 fully saturated rings. The van der Waals surface area contributed by atoms with Gasteiger partial charge in [0.05, 0.1) is 10.6 Å². The van der Waals surface area contributed by atoms with Gasteiger partial charge in [0.2, 0.25) is 0 Å². The normalized spacial score (nSPS) is 12.7. The highest BCUT2D eigenvalue weighted by molar-refractivity contribution is 7.13. The maximum atomic E-state index is 9.70. The first-order valence-corrected chi connectivity index (χ1v) is 6.28. The molecule has 5 heteroatoms. The highest BCUT2D eigenvalue weighted by Gasteiger charge is 2.13. The summed E-state index contributed by atoms with van der Waals surface area (Å²) in [5.74, 6) is 0.398. The van der Waals surface area contributed by atoms with Gasteiger partial charge in [-0.05, 0) is 36.9 Å². The Bertz CT molecular complexity index is 524. The summed E-state index contributed by atoms with van der Waals surface area (Å²) in [6, 6.07) is 3.97. The third-order valence-corrected chi connectivity index (χ3v) is 3.53. The topological polar surface area (TPSA) is 72.0 Å². The van der Waals surface area contributed by atoms with E-state index < -0.39 is 6.10 Å². The molecule has 1 unspecified atom stereocenters. The van der Waals surface area contributed by atoms with E-state index in [0.717, 1.165) is 16.3 Å². The monoisotopic (exact) mass is 249 g/mol. The smallest absolute Gasteiger partial charge is 0.159 e. The molecule has 0 saturated carbocycles. The number of aliphatic hydroxyl groups is 1. The zero-order chi connectivity index (χ0) is 12.4. The number of aromatic nitrogens is 2. The molecule has 0 bridgehead atoms. The Morgan fingerprint density at radius 1 is 1.41 bits per heavy atom. The Kier molecular flexibility index (Phi) is 3.51. The second-order valence-corrected chi connectivity index (χ2v) is 4.85. The van der Waals surface area contributed by atoms with E-state index in [2.05, 4.69) is 16.0 Å². The fourth-order valence-electron chi connectivity index (χ4n) is 1.60. The molecule has 2 rings (SSSR count). The van der Waals surface area contributed by atoms with Crippen LogP contribution in [0.3, 0.4) is 0 Å². The van der Waals surface area contributed by atoms with Gasteiger partial charge in [0.15, 0.2) is 5.82 Å². The Morgan fingerprint density at radius 2 is 2.18 bits per heavy atom. The number of nitrogens with two attached hydrogens (primary N) is 1. The van der Waals surface area contributed by atoms with Crippen molar-refractivity contribution >= 4 is 11.3 Å². The van der Waals surface area contributed by atoms with Gasteiger partial charge < -0.3 is 10.8 Å². The maximum Gasteiger partial charge on any atom is 0.159 e. The van der Waals surface area contributed by atoms with Gasteiger partial charge in [0.1, 0.15) is 6.10 Å². The summed E-state index contributed by atoms with van der Waals surface area (Å²) in [4.78, 5) is 9.70. The van der Waals surface area contributed by atoms with Gasteiger partial charge in [-0.2, -0.15) is 0 Å². The van der Waals surface area contributed by atoms with Crippen molar-refractivity contribution in [3.63, 3.8) is 0 Å². The van der Waals surface area contributed by atoms with Crippen molar-refractivity contribution in [2.24, 2.45) is 5.73 Å². The molecule has 0 spiro atoms. The molecule has 4 nitrogen and oxygen atoms in total. The van der Waals surface area contributed by atoms with Crippen LogP contribution in [0.15, 0.2) is 17.5 Å². The van der Waals surface area contributed by atoms with E-state index in [-0.39, 0.29) is 6.54 Å². The zero-order valence-electron chi connectivity index (χ0n) is 9.84. The molecule has 3 N–H and O–H groups in total. The highest BCUT2D eigenvalue weighted by atomic mass is 32.1. The Morgan fingerprint density at radius 3 is 2.76 bits per heavy atom. The number of nitrogens with zero attached hydrogens (tertiary/aromatic N) is 2. The molecular weight excluding hydrogens is 234 g/mol. The van der Waals surface area contributed by atoms with Gasteiger partial charge in [-0.25, -0.2) is 9.97 Å². The molecule has 2 aromatic rings. The van der Waals surface area contributed by atoms with Crippen LogP contribution in [0.4, 0.5) is 0 Å². The molecule has 0 aromatic carbocycles. The van der Waals surface area contributed by atoms with Crippen molar-refractivity contribution in [3.05, 3.63) is 34.6 Å². The predicted octanol–water partition coefficient (Wildman–Crippen LogP) is 1.81. The number of rotatable bonds is 3. The summed E-state index contributed by atoms with van der Waals surface area (Å²) in [5, 5.41) is 11.7. The van der Waals surface area contributed by atoms with Crippen LogP contribution in [0.25, 0.3) is 10.6 Å². The molecule has 0 saturated heterocycles. The average molecular weight is 249 g/mol. The van der Waals surface area contributed by atoms with Crippen LogP contribution in [0.1, 0.15) is 23.2 Å². The Balaban J connectivity index is 2.49. The Hall–Kier alpha value is -1.30. The van der Waals surface area contributed by atoms with E-state index in [0.29, 0.717) is 5.82 Å². The standard InChI is InChI=1S/C12H15N3OS/c1-7-3-4-17-11(7)9-5-8(2)14-12(15-9)10(16)6-13/h3-5,10,16H,6,13H2,1-2H3. The van der Waals surface area contributed by atoms with Crippen LogP contribution < -0.4 is 5.73 Å². The van der Waals surface area contributed by atoms with E-state index >= 15 is 0 Å². The average Bonchev–Trinajstić information content (AvgIpc) is 2.73. The second-order valence-electron chi connectivity index (χ2n) is 3.94. The van der Waals surface area contributed by atoms with Crippen LogP contribution in [-0.4, -0.2) is 21.6 Å². The molecule has 0 aliphatic rings. The molecule has 0 aliphatic heterocycles. The molecule has 1 atom stereocenters. The van der Waals surface area contributed by atoms with Crippen molar-refractivity contribution in [1.29, 1.82) is 0 Å². The van der Waals surface area contributed by atoms with Gasteiger partial charge >= 0.3 is 0 Å². The molecule has 0 radical (unpaired) electrons. The minimum absolute atomic E-state index is 0.131. The molecular formula is C12H15N3OS. The highest BCUT2D eigenvalue weighted by Crippen LogP contribution is 2.28. The van der Waals surface area contributed by atoms with Gasteiger partial charge in [-0.1, -0.05) is 0 Å². The number of hydrogen-bond donors (Lipinski definition) is 2. The first-order valence-electron chi connectivity index (χ1n) is 5.40. The third kappa shape index (κ3) is 2.52. The number of aliphatic hydroxyl groups excluding tert-OH is 1. The van der Waals surface area contributed by atoms with Crippen molar-refractivity contribution in [2.75, 3.05) is 6.54 Å². The van der Waals surface area contributed by atoms with E-state index in [1.165, 1.54) is 5.56 Å². The molecule has 17 heavy (non-hydrogen) atoms. The maximum absolute atomic E-state index is 9.70. The minimum Gasteiger partial charge on any atom is -0.384 e. The minimum atomic E-state index is -0.797. The van der Waals surface area contributed by atoms with Gasteiger partial charge in [0, 0.05) is 12.2 Å². The van der Waals surface area contributed by atoms with E-state index in [9.17, 15) is 5.11 Å². The summed E-state index contributed by atoms with van der Waals surface area (Å²) in [5.41, 5.74) is 8.30. The first kappa shape index (κ1) is 12.2. The predicted molar refractivity (Wildman–Crippen MR) is 68.8 cm³/mol. The van der Waals surface area contributed by atoms with Crippen molar-refractivity contribution in [3.8, 4) is 10.6 Å². The SMILES string of the molecule is Cc1cc(-c2sccc2C)nc(C(O)CN)n1. The molecule has 2 aromatic heterocycles. The number of aryl methyl sites for hydroxylation is 2. The largest absolute Gasteiger partial charge is 0.384 e. The lowest BCUT2D eigenvalue weighted by Gasteiger charge is -2.09. The second kappa shape index (κ2) is 4.91. The van der Waals surface area contributed by atoms with Crippen LogP contribution in [0.5, 0.6) is 0 Å². The molecule has 0 aliphatic carbocycles. The fraction of sp³-hybridized carbons (Fsp3) is 0.333. The molecule has 0 amide bonds. The van der Waals surface area contributed by atoms with Crippen LogP contribution >= 0.6 is 11.3 Å². The lowest BCUT2D eigenvalue weighted by molar-refractivity contribution is 0.176. The van der Waals surface area contributed by atoms with Crippen molar-refractivity contribution in [1.82, 2.24) is 9.97 Å². The first-order chi connectivity index (χ1) is 8.11. The van der Waals surface area contributed by atoms with Gasteiger partial charge in [0.25, 0.3) is 0 Å². The molecule has 2 heterocycles. The van der Waals surface area contributed by atoms with E-state index in [1.807, 2.05) is 25.3 Å². The third-order valence-electron chi connectivity index (χ3n) is 2.49. The number of hydrogen-bond acceptors (Lipinski definition) is 5. The van der Waals surface area contributed by atoms with Crippen LogP contribution in [0, 0.1) is 13.8 Å². The summed E-state index contributed by atoms with van der Waals surface area (Å²) < 4.78 is 0. The van der Waals surface area contributed by atoms with Crippen molar-refractivity contribution in [2.45, 2.75) is 20.0 Å². The lowest BCUT2D eigenvalue weighted by Crippen LogP contribution is -2.15. The quantitative estimate of drug-likeness (QED) is 0.870. The summed E-state index contributed by atoms with van der Waals surface area (Å²) >= 11 is 1.64. The summed E-state index contributed by atoms with van der Waals surface area (Å²) in [7, 11) is 0. The number of thiophene rings is 1. The van der Waals surface area contributed by atoms with Crippen LogP contribution in [-0.2, 0) is 0 Å². The fourth-order valence-corrected chi connectivity index (χ4v) is 2.48. The molecule has 90 valence electrons. The van der Waals surface area contributed by atoms with E-state index in [1.54, 1.807) is 11.3 Å². The zero-order valence-corrected chi connectivity index (χ0v) is 10.7. The van der Waals surface area contributed by atoms with Crippen molar-refractivity contribution < 1.29 is 5.11 Å². The van der Waals surface area contributed by atoms with Gasteiger partial charge in [-0.15, -0.1) is 11.3 Å². The van der Waals surface area contributed by atoms with Gasteiger partial charge in [-0.3, -0.25) is 0 Å². The summed E-state index contributed by atoms with van der Waals surface area (Å²) in [6.07, 6.45) is -0.797.